The molecule has 6 heteroatoms. The molecule has 0 amide bonds. The monoisotopic (exact) mass is 268 g/mol. The SMILES string of the molecule is CC(C)(C)NCc1cc([N+](=O)[O-])ccc1OCCO. The van der Waals surface area contributed by atoms with E-state index in [-0.39, 0.29) is 24.4 Å². The Bertz CT molecular complexity index is 441. The van der Waals surface area contributed by atoms with Gasteiger partial charge in [-0.3, -0.25) is 10.1 Å². The normalized spacial score (nSPS) is 11.4. The van der Waals surface area contributed by atoms with Gasteiger partial charge in [0.25, 0.3) is 5.69 Å². The average molecular weight is 268 g/mol. The summed E-state index contributed by atoms with van der Waals surface area (Å²) in [5.74, 6) is 0.552. The van der Waals surface area contributed by atoms with Crippen LogP contribution in [0.3, 0.4) is 0 Å². The minimum absolute atomic E-state index is 0.0297. The summed E-state index contributed by atoms with van der Waals surface area (Å²) in [5, 5.41) is 22.8. The molecule has 0 saturated heterocycles. The van der Waals surface area contributed by atoms with Crippen molar-refractivity contribution < 1.29 is 14.8 Å². The lowest BCUT2D eigenvalue weighted by molar-refractivity contribution is -0.384. The van der Waals surface area contributed by atoms with Crippen molar-refractivity contribution >= 4 is 5.69 Å². The lowest BCUT2D eigenvalue weighted by atomic mass is 10.1. The zero-order chi connectivity index (χ0) is 14.5. The second-order valence-electron chi connectivity index (χ2n) is 5.22. The van der Waals surface area contributed by atoms with Gasteiger partial charge in [0, 0.05) is 29.8 Å². The summed E-state index contributed by atoms with van der Waals surface area (Å²) in [6.45, 7) is 6.57. The minimum atomic E-state index is -0.434. The topological polar surface area (TPSA) is 84.6 Å². The maximum absolute atomic E-state index is 10.8. The molecule has 0 heterocycles. The van der Waals surface area contributed by atoms with Crippen molar-refractivity contribution in [3.8, 4) is 5.75 Å². The first-order valence-electron chi connectivity index (χ1n) is 6.09. The van der Waals surface area contributed by atoms with E-state index in [1.807, 2.05) is 20.8 Å². The number of aliphatic hydroxyl groups excluding tert-OH is 1. The van der Waals surface area contributed by atoms with Crippen molar-refractivity contribution in [3.63, 3.8) is 0 Å². The molecule has 0 bridgehead atoms. The van der Waals surface area contributed by atoms with E-state index < -0.39 is 4.92 Å². The summed E-state index contributed by atoms with van der Waals surface area (Å²) >= 11 is 0. The van der Waals surface area contributed by atoms with E-state index in [9.17, 15) is 10.1 Å². The first-order valence-corrected chi connectivity index (χ1v) is 6.09. The molecule has 0 saturated carbocycles. The van der Waals surface area contributed by atoms with Crippen LogP contribution in [-0.2, 0) is 6.54 Å². The van der Waals surface area contributed by atoms with Crippen LogP contribution in [0, 0.1) is 10.1 Å². The van der Waals surface area contributed by atoms with Crippen LogP contribution in [0.1, 0.15) is 26.3 Å². The van der Waals surface area contributed by atoms with Crippen LogP contribution in [-0.4, -0.2) is 28.8 Å². The smallest absolute Gasteiger partial charge is 0.270 e. The van der Waals surface area contributed by atoms with Crippen LogP contribution in [0.25, 0.3) is 0 Å². The number of nitro benzene ring substituents is 1. The number of aliphatic hydroxyl groups is 1. The molecule has 0 spiro atoms. The van der Waals surface area contributed by atoms with Crippen LogP contribution in [0.2, 0.25) is 0 Å². The Morgan fingerprint density at radius 2 is 2.11 bits per heavy atom. The lowest BCUT2D eigenvalue weighted by Crippen LogP contribution is -2.35. The Balaban J connectivity index is 2.93. The molecule has 2 N–H and O–H groups in total. The third-order valence-electron chi connectivity index (χ3n) is 2.41. The molecule has 0 aromatic heterocycles. The van der Waals surface area contributed by atoms with Gasteiger partial charge in [-0.1, -0.05) is 0 Å². The van der Waals surface area contributed by atoms with Gasteiger partial charge in [0.15, 0.2) is 0 Å². The van der Waals surface area contributed by atoms with E-state index in [0.29, 0.717) is 17.9 Å². The fourth-order valence-electron chi connectivity index (χ4n) is 1.47. The summed E-state index contributed by atoms with van der Waals surface area (Å²) in [4.78, 5) is 10.3. The molecule has 0 aliphatic rings. The van der Waals surface area contributed by atoms with E-state index in [1.54, 1.807) is 6.07 Å². The van der Waals surface area contributed by atoms with Crippen LogP contribution >= 0.6 is 0 Å². The van der Waals surface area contributed by atoms with E-state index in [4.69, 9.17) is 9.84 Å². The molecule has 0 unspecified atom stereocenters. The minimum Gasteiger partial charge on any atom is -0.491 e. The van der Waals surface area contributed by atoms with Gasteiger partial charge in [-0.25, -0.2) is 0 Å². The van der Waals surface area contributed by atoms with Gasteiger partial charge >= 0.3 is 0 Å². The van der Waals surface area contributed by atoms with Crippen molar-refractivity contribution in [2.45, 2.75) is 32.9 Å². The Morgan fingerprint density at radius 1 is 1.42 bits per heavy atom. The molecular weight excluding hydrogens is 248 g/mol. The predicted octanol–water partition coefficient (Wildman–Crippen LogP) is 1.85. The number of ether oxygens (including phenoxy) is 1. The highest BCUT2D eigenvalue weighted by molar-refractivity contribution is 5.43. The second kappa shape index (κ2) is 6.49. The summed E-state index contributed by atoms with van der Waals surface area (Å²) in [5.41, 5.74) is 0.637. The maximum atomic E-state index is 10.8. The first-order chi connectivity index (χ1) is 8.83. The van der Waals surface area contributed by atoms with Crippen molar-refractivity contribution in [1.82, 2.24) is 5.32 Å². The molecule has 6 nitrogen and oxygen atoms in total. The summed E-state index contributed by atoms with van der Waals surface area (Å²) < 4.78 is 5.37. The number of non-ortho nitro benzene ring substituents is 1. The number of nitro groups is 1. The summed E-state index contributed by atoms with van der Waals surface area (Å²) in [7, 11) is 0. The molecule has 0 fully saturated rings. The zero-order valence-corrected chi connectivity index (χ0v) is 11.5. The molecule has 106 valence electrons. The van der Waals surface area contributed by atoms with Gasteiger partial charge < -0.3 is 15.2 Å². The number of rotatable bonds is 6. The quantitative estimate of drug-likeness (QED) is 0.607. The zero-order valence-electron chi connectivity index (χ0n) is 11.5. The van der Waals surface area contributed by atoms with Gasteiger partial charge in [-0.15, -0.1) is 0 Å². The Labute approximate surface area is 112 Å². The Morgan fingerprint density at radius 3 is 2.63 bits per heavy atom. The second-order valence-corrected chi connectivity index (χ2v) is 5.22. The molecule has 0 aliphatic carbocycles. The van der Waals surface area contributed by atoms with Gasteiger partial charge in [0.1, 0.15) is 12.4 Å². The molecule has 19 heavy (non-hydrogen) atoms. The molecule has 1 aromatic rings. The summed E-state index contributed by atoms with van der Waals surface area (Å²) in [6, 6.07) is 4.45. The highest BCUT2D eigenvalue weighted by Crippen LogP contribution is 2.24. The number of hydrogen-bond acceptors (Lipinski definition) is 5. The highest BCUT2D eigenvalue weighted by Gasteiger charge is 2.14. The number of nitrogens with zero attached hydrogens (tertiary/aromatic N) is 1. The van der Waals surface area contributed by atoms with E-state index in [0.717, 1.165) is 0 Å². The van der Waals surface area contributed by atoms with E-state index >= 15 is 0 Å². The number of hydrogen-bond donors (Lipinski definition) is 2. The van der Waals surface area contributed by atoms with Gasteiger partial charge in [-0.05, 0) is 26.8 Å². The third kappa shape index (κ3) is 5.23. The molecule has 1 rings (SSSR count). The van der Waals surface area contributed by atoms with Crippen molar-refractivity contribution in [2.24, 2.45) is 0 Å². The van der Waals surface area contributed by atoms with Crippen molar-refractivity contribution in [2.75, 3.05) is 13.2 Å². The highest BCUT2D eigenvalue weighted by atomic mass is 16.6. The van der Waals surface area contributed by atoms with Crippen LogP contribution in [0.15, 0.2) is 18.2 Å². The standard InChI is InChI=1S/C13H20N2O4/c1-13(2,3)14-9-10-8-11(15(17)18)4-5-12(10)19-7-6-16/h4-5,8,14,16H,6-7,9H2,1-3H3. The molecule has 0 aliphatic heterocycles. The fraction of sp³-hybridized carbons (Fsp3) is 0.538. The largest absolute Gasteiger partial charge is 0.491 e. The van der Waals surface area contributed by atoms with Gasteiger partial charge in [-0.2, -0.15) is 0 Å². The van der Waals surface area contributed by atoms with Crippen LogP contribution < -0.4 is 10.1 Å². The Kier molecular flexibility index (Phi) is 5.26. The van der Waals surface area contributed by atoms with Crippen molar-refractivity contribution in [1.29, 1.82) is 0 Å². The predicted molar refractivity (Wildman–Crippen MR) is 72.3 cm³/mol. The fourth-order valence-corrected chi connectivity index (χ4v) is 1.47. The first kappa shape index (κ1) is 15.4. The third-order valence-corrected chi connectivity index (χ3v) is 2.41. The average Bonchev–Trinajstić information content (AvgIpc) is 2.33. The van der Waals surface area contributed by atoms with Crippen LogP contribution in [0.5, 0.6) is 5.75 Å². The van der Waals surface area contributed by atoms with Gasteiger partial charge in [0.05, 0.1) is 11.5 Å². The lowest BCUT2D eigenvalue weighted by Gasteiger charge is -2.21. The van der Waals surface area contributed by atoms with Gasteiger partial charge in [0.2, 0.25) is 0 Å². The summed E-state index contributed by atoms with van der Waals surface area (Å²) in [6.07, 6.45) is 0. The molecule has 1 aromatic carbocycles. The van der Waals surface area contributed by atoms with E-state index in [2.05, 4.69) is 5.32 Å². The van der Waals surface area contributed by atoms with E-state index in [1.165, 1.54) is 12.1 Å². The van der Waals surface area contributed by atoms with Crippen LogP contribution in [0.4, 0.5) is 5.69 Å². The molecular formula is C13H20N2O4. The van der Waals surface area contributed by atoms with Crippen molar-refractivity contribution in [3.05, 3.63) is 33.9 Å². The number of nitrogens with one attached hydrogen (secondary N) is 1. The number of benzene rings is 1. The Hall–Kier alpha value is -1.66. The maximum Gasteiger partial charge on any atom is 0.270 e. The molecule has 0 radical (unpaired) electrons. The molecule has 0 atom stereocenters.